The van der Waals surface area contributed by atoms with E-state index in [0.717, 1.165) is 11.1 Å². The van der Waals surface area contributed by atoms with E-state index in [0.29, 0.717) is 28.3 Å². The van der Waals surface area contributed by atoms with Crippen molar-refractivity contribution in [1.82, 2.24) is 4.98 Å². The Morgan fingerprint density at radius 2 is 1.73 bits per heavy atom. The van der Waals surface area contributed by atoms with E-state index in [1.165, 1.54) is 4.90 Å². The summed E-state index contributed by atoms with van der Waals surface area (Å²) in [5, 5.41) is 11.4. The second-order valence-electron chi connectivity index (χ2n) is 7.79. The average Bonchev–Trinajstić information content (AvgIpc) is 3.10. The van der Waals surface area contributed by atoms with E-state index in [9.17, 15) is 14.7 Å². The lowest BCUT2D eigenvalue weighted by Gasteiger charge is -2.25. The van der Waals surface area contributed by atoms with Gasteiger partial charge in [-0.2, -0.15) is 0 Å². The number of benzene rings is 2. The lowest BCUT2D eigenvalue weighted by molar-refractivity contribution is -0.132. The number of Topliss-reactive ketones (excluding diaryl/α,β-unsaturated/α-hetero) is 1. The molecular weight excluding hydrogens is 420 g/mol. The van der Waals surface area contributed by atoms with E-state index in [4.69, 9.17) is 9.47 Å². The maximum absolute atomic E-state index is 13.3. The number of ether oxygens (including phenoxy) is 2. The quantitative estimate of drug-likeness (QED) is 0.358. The molecule has 0 saturated carbocycles. The number of aryl methyl sites for hydroxylation is 2. The molecule has 1 aliphatic rings. The first kappa shape index (κ1) is 22.1. The lowest BCUT2D eigenvalue weighted by atomic mass is 9.93. The number of methoxy groups -OCH3 is 2. The smallest absolute Gasteiger partial charge is 0.300 e. The zero-order chi connectivity index (χ0) is 23.7. The molecule has 1 atom stereocenters. The van der Waals surface area contributed by atoms with Gasteiger partial charge in [0.05, 0.1) is 25.8 Å². The van der Waals surface area contributed by atoms with Crippen molar-refractivity contribution in [3.8, 4) is 11.5 Å². The molecule has 1 N–H and O–H groups in total. The van der Waals surface area contributed by atoms with Crippen LogP contribution in [-0.2, 0) is 9.59 Å². The first-order valence-corrected chi connectivity index (χ1v) is 10.4. The summed E-state index contributed by atoms with van der Waals surface area (Å²) in [6.07, 6.45) is 3.20. The zero-order valence-corrected chi connectivity index (χ0v) is 18.8. The fourth-order valence-electron chi connectivity index (χ4n) is 4.10. The molecule has 0 spiro atoms. The predicted octanol–water partition coefficient (Wildman–Crippen LogP) is 4.34. The van der Waals surface area contributed by atoms with Crippen LogP contribution in [0, 0.1) is 13.8 Å². The minimum atomic E-state index is -0.839. The Balaban J connectivity index is 1.94. The van der Waals surface area contributed by atoms with Gasteiger partial charge in [0.1, 0.15) is 17.3 Å². The van der Waals surface area contributed by atoms with Crippen LogP contribution in [0.4, 0.5) is 5.69 Å². The molecule has 1 aromatic heterocycles. The van der Waals surface area contributed by atoms with Crippen LogP contribution >= 0.6 is 0 Å². The molecule has 0 radical (unpaired) electrons. The van der Waals surface area contributed by atoms with Crippen molar-refractivity contribution in [1.29, 1.82) is 0 Å². The van der Waals surface area contributed by atoms with Gasteiger partial charge in [0, 0.05) is 23.6 Å². The molecule has 1 unspecified atom stereocenters. The number of aliphatic hydroxyl groups excluding tert-OH is 1. The largest absolute Gasteiger partial charge is 0.507 e. The fourth-order valence-corrected chi connectivity index (χ4v) is 4.10. The number of rotatable bonds is 5. The highest BCUT2D eigenvalue weighted by Gasteiger charge is 2.47. The molecule has 168 valence electrons. The molecule has 1 fully saturated rings. The first-order chi connectivity index (χ1) is 15.9. The van der Waals surface area contributed by atoms with Crippen LogP contribution in [0.3, 0.4) is 0 Å². The van der Waals surface area contributed by atoms with Crippen LogP contribution in [0.5, 0.6) is 11.5 Å². The van der Waals surface area contributed by atoms with Gasteiger partial charge in [-0.3, -0.25) is 19.5 Å². The van der Waals surface area contributed by atoms with Gasteiger partial charge in [0.25, 0.3) is 11.7 Å². The van der Waals surface area contributed by atoms with Crippen LogP contribution < -0.4 is 14.4 Å². The summed E-state index contributed by atoms with van der Waals surface area (Å²) in [4.78, 5) is 32.0. The second-order valence-corrected chi connectivity index (χ2v) is 7.79. The van der Waals surface area contributed by atoms with E-state index < -0.39 is 17.7 Å². The molecule has 1 saturated heterocycles. The molecular formula is C26H24N2O5. The fraction of sp³-hybridized carbons (Fsp3) is 0.192. The van der Waals surface area contributed by atoms with Crippen molar-refractivity contribution in [2.45, 2.75) is 19.9 Å². The van der Waals surface area contributed by atoms with Gasteiger partial charge in [0.15, 0.2) is 0 Å². The number of aliphatic hydroxyl groups is 1. The van der Waals surface area contributed by atoms with Gasteiger partial charge in [0.2, 0.25) is 0 Å². The molecule has 0 bridgehead atoms. The Kier molecular flexibility index (Phi) is 5.87. The molecule has 1 amide bonds. The predicted molar refractivity (Wildman–Crippen MR) is 124 cm³/mol. The molecule has 7 nitrogen and oxygen atoms in total. The van der Waals surface area contributed by atoms with E-state index in [1.54, 1.807) is 75.1 Å². The SMILES string of the molecule is COc1ccc(N2C(=O)C(=O)/C(=C(/O)c3cc(C)c(OC)cc3C)C2c2cccnc2)cc1. The number of anilines is 1. The highest BCUT2D eigenvalue weighted by molar-refractivity contribution is 6.51. The van der Waals surface area contributed by atoms with Gasteiger partial charge in [-0.25, -0.2) is 0 Å². The molecule has 0 aliphatic carbocycles. The van der Waals surface area contributed by atoms with Gasteiger partial charge >= 0.3 is 0 Å². The first-order valence-electron chi connectivity index (χ1n) is 10.4. The Morgan fingerprint density at radius 3 is 2.33 bits per heavy atom. The van der Waals surface area contributed by atoms with Crippen molar-refractivity contribution in [3.63, 3.8) is 0 Å². The van der Waals surface area contributed by atoms with Gasteiger partial charge < -0.3 is 14.6 Å². The normalized spacial score (nSPS) is 17.3. The number of carbonyl (C=O) groups is 2. The Morgan fingerprint density at radius 1 is 1.00 bits per heavy atom. The number of hydrogen-bond donors (Lipinski definition) is 1. The highest BCUT2D eigenvalue weighted by Crippen LogP contribution is 2.43. The third-order valence-corrected chi connectivity index (χ3v) is 5.79. The average molecular weight is 444 g/mol. The van der Waals surface area contributed by atoms with E-state index in [2.05, 4.69) is 4.98 Å². The molecule has 7 heteroatoms. The maximum atomic E-state index is 13.3. The van der Waals surface area contributed by atoms with Crippen molar-refractivity contribution >= 4 is 23.1 Å². The summed E-state index contributed by atoms with van der Waals surface area (Å²) < 4.78 is 10.6. The number of aromatic nitrogens is 1. The summed E-state index contributed by atoms with van der Waals surface area (Å²) >= 11 is 0. The summed E-state index contributed by atoms with van der Waals surface area (Å²) in [5.41, 5.74) is 3.11. The topological polar surface area (TPSA) is 89.0 Å². The van der Waals surface area contributed by atoms with E-state index >= 15 is 0 Å². The van der Waals surface area contributed by atoms with Gasteiger partial charge in [-0.1, -0.05) is 6.07 Å². The van der Waals surface area contributed by atoms with Crippen molar-refractivity contribution in [2.24, 2.45) is 0 Å². The molecule has 3 aromatic rings. The van der Waals surface area contributed by atoms with Crippen LogP contribution in [0.25, 0.3) is 5.76 Å². The number of hydrogen-bond acceptors (Lipinski definition) is 6. The number of amides is 1. The Hall–Kier alpha value is -4.13. The summed E-state index contributed by atoms with van der Waals surface area (Å²) in [7, 11) is 3.13. The number of carbonyl (C=O) groups excluding carboxylic acids is 2. The Labute approximate surface area is 191 Å². The van der Waals surface area contributed by atoms with E-state index in [1.807, 2.05) is 13.8 Å². The molecule has 2 aromatic carbocycles. The van der Waals surface area contributed by atoms with Crippen LogP contribution in [0.1, 0.15) is 28.3 Å². The second kappa shape index (κ2) is 8.78. The summed E-state index contributed by atoms with van der Waals surface area (Å²) in [6.45, 7) is 3.67. The molecule has 4 rings (SSSR count). The summed E-state index contributed by atoms with van der Waals surface area (Å²) in [5.74, 6) is -0.422. The zero-order valence-electron chi connectivity index (χ0n) is 18.8. The standard InChI is InChI=1S/C26H24N2O5/c1-15-13-21(33-4)16(2)12-20(15)24(29)22-23(17-6-5-11-27-14-17)28(26(31)25(22)30)18-7-9-19(32-3)10-8-18/h5-14,23,29H,1-4H3/b24-22+. The van der Waals surface area contributed by atoms with E-state index in [-0.39, 0.29) is 11.3 Å². The number of nitrogens with zero attached hydrogens (tertiary/aromatic N) is 2. The third kappa shape index (κ3) is 3.82. The number of pyridine rings is 1. The molecule has 33 heavy (non-hydrogen) atoms. The van der Waals surface area contributed by atoms with Gasteiger partial charge in [-0.15, -0.1) is 0 Å². The van der Waals surface area contributed by atoms with Crippen molar-refractivity contribution in [2.75, 3.05) is 19.1 Å². The highest BCUT2D eigenvalue weighted by atomic mass is 16.5. The third-order valence-electron chi connectivity index (χ3n) is 5.79. The molecule has 2 heterocycles. The van der Waals surface area contributed by atoms with Crippen LogP contribution in [0.15, 0.2) is 66.5 Å². The van der Waals surface area contributed by atoms with Gasteiger partial charge in [-0.05, 0) is 73.0 Å². The minimum Gasteiger partial charge on any atom is -0.507 e. The minimum absolute atomic E-state index is 0.0106. The summed E-state index contributed by atoms with van der Waals surface area (Å²) in [6, 6.07) is 13.1. The Bertz CT molecular complexity index is 1250. The maximum Gasteiger partial charge on any atom is 0.300 e. The van der Waals surface area contributed by atoms with Crippen LogP contribution in [-0.4, -0.2) is 36.0 Å². The molecule has 1 aliphatic heterocycles. The number of ketones is 1. The lowest BCUT2D eigenvalue weighted by Crippen LogP contribution is -2.29. The monoisotopic (exact) mass is 444 g/mol. The van der Waals surface area contributed by atoms with Crippen LogP contribution in [0.2, 0.25) is 0 Å². The van der Waals surface area contributed by atoms with Crippen molar-refractivity contribution < 1.29 is 24.2 Å². The van der Waals surface area contributed by atoms with Crippen molar-refractivity contribution in [3.05, 3.63) is 88.8 Å².